The van der Waals surface area contributed by atoms with E-state index in [4.69, 9.17) is 5.11 Å². The molecule has 0 saturated heterocycles. The molecule has 0 radical (unpaired) electrons. The van der Waals surface area contributed by atoms with E-state index in [2.05, 4.69) is 0 Å². The molecule has 0 atom stereocenters. The zero-order valence-electron chi connectivity index (χ0n) is 9.43. The molecule has 0 aromatic heterocycles. The lowest BCUT2D eigenvalue weighted by Gasteiger charge is -2.30. The fourth-order valence-corrected chi connectivity index (χ4v) is 1.44. The first kappa shape index (κ1) is 11.8. The second kappa shape index (κ2) is 4.51. The van der Waals surface area contributed by atoms with Crippen LogP contribution in [0.1, 0.15) is 26.7 Å². The lowest BCUT2D eigenvalue weighted by atomic mass is 10.3. The Morgan fingerprint density at radius 1 is 1.40 bits per heavy atom. The van der Waals surface area contributed by atoms with Gasteiger partial charge in [-0.1, -0.05) is 0 Å². The van der Waals surface area contributed by atoms with Crippen LogP contribution in [0.5, 0.6) is 0 Å². The number of hydrogen-bond donors (Lipinski definition) is 1. The van der Waals surface area contributed by atoms with Crippen LogP contribution in [-0.2, 0) is 4.79 Å². The summed E-state index contributed by atoms with van der Waals surface area (Å²) in [5, 5.41) is 8.71. The molecule has 0 unspecified atom stereocenters. The Kier molecular flexibility index (Phi) is 3.55. The Bertz CT molecular complexity index is 261. The third-order valence-electron chi connectivity index (χ3n) is 2.57. The molecule has 1 aliphatic carbocycles. The number of carboxylic acids is 1. The van der Waals surface area contributed by atoms with Crippen LogP contribution in [0, 0.1) is 0 Å². The highest BCUT2D eigenvalue weighted by Gasteiger charge is 2.33. The van der Waals surface area contributed by atoms with Crippen molar-refractivity contribution in [1.29, 1.82) is 0 Å². The van der Waals surface area contributed by atoms with Crippen molar-refractivity contribution >= 4 is 12.0 Å². The van der Waals surface area contributed by atoms with Gasteiger partial charge in [0.2, 0.25) is 0 Å². The van der Waals surface area contributed by atoms with Gasteiger partial charge in [-0.25, -0.2) is 4.79 Å². The van der Waals surface area contributed by atoms with E-state index in [1.54, 1.807) is 11.9 Å². The topological polar surface area (TPSA) is 60.9 Å². The van der Waals surface area contributed by atoms with Crippen LogP contribution in [0.4, 0.5) is 4.79 Å². The molecule has 1 N–H and O–H groups in total. The van der Waals surface area contributed by atoms with Crippen LogP contribution in [0.3, 0.4) is 0 Å². The highest BCUT2D eigenvalue weighted by atomic mass is 16.4. The van der Waals surface area contributed by atoms with Gasteiger partial charge in [0.25, 0.3) is 0 Å². The fraction of sp³-hybridized carbons (Fsp3) is 0.800. The number of rotatable bonds is 4. The van der Waals surface area contributed by atoms with Crippen LogP contribution >= 0.6 is 0 Å². The summed E-state index contributed by atoms with van der Waals surface area (Å²) in [6.07, 6.45) is 2.06. The van der Waals surface area contributed by atoms with E-state index < -0.39 is 5.97 Å². The van der Waals surface area contributed by atoms with E-state index >= 15 is 0 Å². The molecule has 1 saturated carbocycles. The first-order valence-electron chi connectivity index (χ1n) is 5.18. The summed E-state index contributed by atoms with van der Waals surface area (Å²) in [7, 11) is 1.73. The third kappa shape index (κ3) is 3.11. The maximum atomic E-state index is 11.9. The van der Waals surface area contributed by atoms with Crippen molar-refractivity contribution in [2.24, 2.45) is 0 Å². The number of aliphatic carboxylic acids is 1. The summed E-state index contributed by atoms with van der Waals surface area (Å²) in [5.74, 6) is -0.971. The minimum Gasteiger partial charge on any atom is -0.480 e. The van der Waals surface area contributed by atoms with Gasteiger partial charge in [0.15, 0.2) is 0 Å². The van der Waals surface area contributed by atoms with Gasteiger partial charge >= 0.3 is 12.0 Å². The first-order chi connectivity index (χ1) is 6.93. The van der Waals surface area contributed by atoms with Gasteiger partial charge in [0.1, 0.15) is 6.54 Å². The molecule has 0 aromatic carbocycles. The van der Waals surface area contributed by atoms with Crippen molar-refractivity contribution in [2.45, 2.75) is 38.8 Å². The fourth-order valence-electron chi connectivity index (χ4n) is 1.44. The Labute approximate surface area is 89.7 Å². The molecule has 86 valence electrons. The Morgan fingerprint density at radius 3 is 2.27 bits per heavy atom. The number of carbonyl (C=O) groups excluding carboxylic acids is 1. The first-order valence-corrected chi connectivity index (χ1v) is 5.18. The molecule has 15 heavy (non-hydrogen) atoms. The van der Waals surface area contributed by atoms with Gasteiger partial charge in [-0.3, -0.25) is 4.79 Å². The zero-order valence-corrected chi connectivity index (χ0v) is 9.43. The normalized spacial score (nSPS) is 15.2. The summed E-state index contributed by atoms with van der Waals surface area (Å²) >= 11 is 0. The van der Waals surface area contributed by atoms with E-state index in [-0.39, 0.29) is 18.6 Å². The van der Waals surface area contributed by atoms with Gasteiger partial charge in [-0.15, -0.1) is 0 Å². The lowest BCUT2D eigenvalue weighted by molar-refractivity contribution is -0.138. The van der Waals surface area contributed by atoms with Crippen molar-refractivity contribution < 1.29 is 14.7 Å². The van der Waals surface area contributed by atoms with E-state index in [9.17, 15) is 9.59 Å². The number of urea groups is 1. The van der Waals surface area contributed by atoms with Crippen LogP contribution in [0.2, 0.25) is 0 Å². The summed E-state index contributed by atoms with van der Waals surface area (Å²) in [6, 6.07) is 0.0391. The molecule has 1 rings (SSSR count). The van der Waals surface area contributed by atoms with Crippen molar-refractivity contribution in [3.8, 4) is 0 Å². The average molecular weight is 214 g/mol. The maximum Gasteiger partial charge on any atom is 0.323 e. The molecule has 5 heteroatoms. The second-order valence-electron chi connectivity index (χ2n) is 4.24. The van der Waals surface area contributed by atoms with Crippen LogP contribution in [-0.4, -0.2) is 52.6 Å². The molecule has 2 amide bonds. The third-order valence-corrected chi connectivity index (χ3v) is 2.57. The van der Waals surface area contributed by atoms with Crippen molar-refractivity contribution in [2.75, 3.05) is 13.6 Å². The van der Waals surface area contributed by atoms with Gasteiger partial charge in [0.05, 0.1) is 0 Å². The van der Waals surface area contributed by atoms with Crippen LogP contribution < -0.4 is 0 Å². The average Bonchev–Trinajstić information content (AvgIpc) is 2.94. The summed E-state index contributed by atoms with van der Waals surface area (Å²) < 4.78 is 0. The molecule has 5 nitrogen and oxygen atoms in total. The molecule has 0 bridgehead atoms. The molecule has 0 aromatic rings. The SMILES string of the molecule is CC(C)N(CC(=O)O)C(=O)N(C)C1CC1. The molecule has 0 aliphatic heterocycles. The number of carbonyl (C=O) groups is 2. The van der Waals surface area contributed by atoms with Gasteiger partial charge in [-0.05, 0) is 26.7 Å². The smallest absolute Gasteiger partial charge is 0.323 e. The monoisotopic (exact) mass is 214 g/mol. The second-order valence-corrected chi connectivity index (χ2v) is 4.24. The predicted molar refractivity (Wildman–Crippen MR) is 55.7 cm³/mol. The number of nitrogens with zero attached hydrogens (tertiary/aromatic N) is 2. The van der Waals surface area contributed by atoms with Gasteiger partial charge < -0.3 is 14.9 Å². The molecular weight excluding hydrogens is 196 g/mol. The van der Waals surface area contributed by atoms with E-state index in [1.165, 1.54) is 4.90 Å². The zero-order chi connectivity index (χ0) is 11.6. The highest BCUT2D eigenvalue weighted by molar-refractivity contribution is 5.80. The minimum absolute atomic E-state index is 0.0881. The predicted octanol–water partition coefficient (Wildman–Crippen LogP) is 0.996. The minimum atomic E-state index is -0.971. The molecule has 1 aliphatic rings. The van der Waals surface area contributed by atoms with E-state index in [1.807, 2.05) is 13.8 Å². The van der Waals surface area contributed by atoms with Crippen molar-refractivity contribution in [3.05, 3.63) is 0 Å². The van der Waals surface area contributed by atoms with Gasteiger partial charge in [-0.2, -0.15) is 0 Å². The molecular formula is C10H18N2O3. The van der Waals surface area contributed by atoms with Crippen LogP contribution in [0.15, 0.2) is 0 Å². The number of hydrogen-bond acceptors (Lipinski definition) is 2. The standard InChI is InChI=1S/C10H18N2O3/c1-7(2)12(6-9(13)14)10(15)11(3)8-4-5-8/h7-8H,4-6H2,1-3H3,(H,13,14). The van der Waals surface area contributed by atoms with E-state index in [0.29, 0.717) is 6.04 Å². The summed E-state index contributed by atoms with van der Waals surface area (Å²) in [6.45, 7) is 3.41. The van der Waals surface area contributed by atoms with Crippen molar-refractivity contribution in [1.82, 2.24) is 9.80 Å². The molecule has 0 heterocycles. The quantitative estimate of drug-likeness (QED) is 0.759. The summed E-state index contributed by atoms with van der Waals surface area (Å²) in [5.41, 5.74) is 0. The maximum absolute atomic E-state index is 11.9. The van der Waals surface area contributed by atoms with E-state index in [0.717, 1.165) is 12.8 Å². The summed E-state index contributed by atoms with van der Waals surface area (Å²) in [4.78, 5) is 25.5. The van der Waals surface area contributed by atoms with Crippen LogP contribution in [0.25, 0.3) is 0 Å². The lowest BCUT2D eigenvalue weighted by Crippen LogP contribution is -2.47. The Balaban J connectivity index is 2.61. The largest absolute Gasteiger partial charge is 0.480 e. The Morgan fingerprint density at radius 2 is 1.93 bits per heavy atom. The number of carboxylic acid groups (broad SMARTS) is 1. The highest BCUT2D eigenvalue weighted by Crippen LogP contribution is 2.26. The van der Waals surface area contributed by atoms with Crippen molar-refractivity contribution in [3.63, 3.8) is 0 Å². The number of amides is 2. The van der Waals surface area contributed by atoms with Gasteiger partial charge in [0, 0.05) is 19.1 Å². The Hall–Kier alpha value is -1.26. The molecule has 1 fully saturated rings. The molecule has 0 spiro atoms.